The van der Waals surface area contributed by atoms with Gasteiger partial charge in [-0.15, -0.1) is 10.3 Å². The Balaban J connectivity index is 5.26. The largest absolute Gasteiger partial charge is 0.322 e. The Labute approximate surface area is 94.2 Å². The molecule has 0 rings (SSSR count). The van der Waals surface area contributed by atoms with Gasteiger partial charge in [0.1, 0.15) is 7.14 Å². The average molecular weight is 234 g/mol. The second kappa shape index (κ2) is 4.20. The summed E-state index contributed by atoms with van der Waals surface area (Å²) in [5, 5.41) is 13.2. The zero-order valence-corrected chi connectivity index (χ0v) is 12.2. The maximum Gasteiger partial charge on any atom is 0.101 e. The van der Waals surface area contributed by atoms with Gasteiger partial charge in [-0.25, -0.2) is 0 Å². The lowest BCUT2D eigenvalue weighted by molar-refractivity contribution is -0.237. The van der Waals surface area contributed by atoms with E-state index in [1.807, 2.05) is 41.5 Å². The monoisotopic (exact) mass is 234 g/mol. The Morgan fingerprint density at radius 1 is 1.00 bits per heavy atom. The predicted molar refractivity (Wildman–Crippen MR) is 65.0 cm³/mol. The van der Waals surface area contributed by atoms with E-state index >= 15 is 0 Å². The third kappa shape index (κ3) is 4.26. The Hall–Kier alpha value is 0.150. The Morgan fingerprint density at radius 3 is 1.40 bits per heavy atom. The molecule has 0 aliphatic heterocycles. The molecule has 0 aromatic rings. The molecule has 0 heterocycles. The van der Waals surface area contributed by atoms with Gasteiger partial charge in [0.15, 0.2) is 0 Å². The molecule has 0 aliphatic rings. The maximum atomic E-state index is 12.2. The summed E-state index contributed by atoms with van der Waals surface area (Å²) in [6.07, 6.45) is 0. The second-order valence-electron chi connectivity index (χ2n) is 6.67. The van der Waals surface area contributed by atoms with Crippen LogP contribution < -0.4 is 0 Å². The van der Waals surface area contributed by atoms with Crippen molar-refractivity contribution in [3.05, 3.63) is 0 Å². The highest BCUT2D eigenvalue weighted by Gasteiger charge is 2.43. The van der Waals surface area contributed by atoms with E-state index in [2.05, 4.69) is 0 Å². The molecule has 1 radical (unpaired) electrons. The molecule has 0 aromatic heterocycles. The highest BCUT2D eigenvalue weighted by atomic mass is 31.2. The molecular weight excluding hydrogens is 209 g/mol. The lowest BCUT2D eigenvalue weighted by Crippen LogP contribution is -2.50. The topological polar surface area (TPSA) is 40.2 Å². The molecule has 0 spiro atoms. The molecule has 0 N–H and O–H groups in total. The first kappa shape index (κ1) is 15.2. The SMILES string of the molecule is CC(C)(C)[C@@H](N([O])C(C)(C)C)P(C)(C)=O. The van der Waals surface area contributed by atoms with E-state index in [4.69, 9.17) is 0 Å². The summed E-state index contributed by atoms with van der Waals surface area (Å²) in [6, 6.07) is 0. The van der Waals surface area contributed by atoms with Crippen LogP contribution in [0.2, 0.25) is 0 Å². The van der Waals surface area contributed by atoms with Gasteiger partial charge in [0.2, 0.25) is 0 Å². The van der Waals surface area contributed by atoms with Crippen molar-refractivity contribution >= 4 is 7.14 Å². The van der Waals surface area contributed by atoms with Crippen LogP contribution in [0.1, 0.15) is 41.5 Å². The minimum atomic E-state index is -2.44. The van der Waals surface area contributed by atoms with Gasteiger partial charge in [-0.1, -0.05) is 20.8 Å². The van der Waals surface area contributed by atoms with Gasteiger partial charge < -0.3 is 4.57 Å². The van der Waals surface area contributed by atoms with Crippen molar-refractivity contribution in [2.75, 3.05) is 13.3 Å². The predicted octanol–water partition coefficient (Wildman–Crippen LogP) is 3.43. The first-order valence-corrected chi connectivity index (χ1v) is 7.96. The normalized spacial score (nSPS) is 16.9. The van der Waals surface area contributed by atoms with E-state index < -0.39 is 18.5 Å². The van der Waals surface area contributed by atoms with Crippen LogP contribution in [0.4, 0.5) is 0 Å². The molecule has 0 bridgehead atoms. The quantitative estimate of drug-likeness (QED) is 0.542. The van der Waals surface area contributed by atoms with E-state index in [1.54, 1.807) is 13.3 Å². The standard InChI is InChI=1S/C11H25NO2P/c1-10(2,3)9(15(7,8)14)12(13)11(4,5)6/h9H,1-8H3/t9-/m0/s1. The molecule has 0 aliphatic carbocycles. The fourth-order valence-corrected chi connectivity index (χ4v) is 4.62. The average Bonchev–Trinajstić information content (AvgIpc) is 1.76. The number of hydrogen-bond acceptors (Lipinski definition) is 2. The molecule has 0 saturated heterocycles. The van der Waals surface area contributed by atoms with Crippen LogP contribution in [0.15, 0.2) is 0 Å². The summed E-state index contributed by atoms with van der Waals surface area (Å²) in [6.45, 7) is 14.9. The molecule has 0 saturated carbocycles. The van der Waals surface area contributed by atoms with Crippen molar-refractivity contribution in [2.24, 2.45) is 5.41 Å². The van der Waals surface area contributed by atoms with Crippen LogP contribution in [-0.4, -0.2) is 29.7 Å². The summed E-state index contributed by atoms with van der Waals surface area (Å²) in [7, 11) is -2.44. The van der Waals surface area contributed by atoms with Gasteiger partial charge in [0, 0.05) is 5.54 Å². The van der Waals surface area contributed by atoms with Crippen molar-refractivity contribution < 1.29 is 9.77 Å². The van der Waals surface area contributed by atoms with Crippen molar-refractivity contribution in [3.63, 3.8) is 0 Å². The Morgan fingerprint density at radius 2 is 1.33 bits per heavy atom. The minimum absolute atomic E-state index is 0.270. The fraction of sp³-hybridized carbons (Fsp3) is 1.00. The molecule has 0 fully saturated rings. The zero-order valence-electron chi connectivity index (χ0n) is 11.3. The molecular formula is C11H25NO2P. The number of nitrogens with zero attached hydrogens (tertiary/aromatic N) is 1. The van der Waals surface area contributed by atoms with Crippen LogP contribution in [0, 0.1) is 5.41 Å². The first-order valence-electron chi connectivity index (χ1n) is 5.29. The van der Waals surface area contributed by atoms with E-state index in [-0.39, 0.29) is 5.41 Å². The van der Waals surface area contributed by atoms with E-state index in [0.29, 0.717) is 0 Å². The van der Waals surface area contributed by atoms with Gasteiger partial charge >= 0.3 is 0 Å². The van der Waals surface area contributed by atoms with Crippen molar-refractivity contribution in [2.45, 2.75) is 52.9 Å². The maximum absolute atomic E-state index is 12.2. The number of hydrogen-bond donors (Lipinski definition) is 0. The van der Waals surface area contributed by atoms with Crippen molar-refractivity contribution in [3.8, 4) is 0 Å². The molecule has 3 nitrogen and oxygen atoms in total. The first-order chi connectivity index (χ1) is 6.28. The molecule has 0 unspecified atom stereocenters. The molecule has 0 aromatic carbocycles. The van der Waals surface area contributed by atoms with Gasteiger partial charge in [-0.2, -0.15) is 0 Å². The molecule has 0 amide bonds. The van der Waals surface area contributed by atoms with Gasteiger partial charge in [0.05, 0.1) is 5.78 Å². The van der Waals surface area contributed by atoms with E-state index in [0.717, 1.165) is 5.06 Å². The van der Waals surface area contributed by atoms with Gasteiger partial charge in [0.25, 0.3) is 0 Å². The van der Waals surface area contributed by atoms with Crippen LogP contribution in [0.5, 0.6) is 0 Å². The minimum Gasteiger partial charge on any atom is -0.322 e. The summed E-state index contributed by atoms with van der Waals surface area (Å²) < 4.78 is 12.2. The summed E-state index contributed by atoms with van der Waals surface area (Å²) in [5.41, 5.74) is -0.770. The fourth-order valence-electron chi connectivity index (χ4n) is 1.90. The highest BCUT2D eigenvalue weighted by molar-refractivity contribution is 7.63. The summed E-state index contributed by atoms with van der Waals surface area (Å²) >= 11 is 0. The Kier molecular flexibility index (Phi) is 4.24. The molecule has 1 atom stereocenters. The number of hydroxylamine groups is 2. The smallest absolute Gasteiger partial charge is 0.101 e. The summed E-state index contributed by atoms with van der Waals surface area (Å²) in [5.74, 6) is -0.426. The van der Waals surface area contributed by atoms with Crippen LogP contribution in [0.25, 0.3) is 0 Å². The molecule has 4 heteroatoms. The Bertz CT molecular complexity index is 257. The van der Waals surface area contributed by atoms with Crippen molar-refractivity contribution in [1.29, 1.82) is 0 Å². The molecule has 91 valence electrons. The van der Waals surface area contributed by atoms with Crippen LogP contribution in [0.3, 0.4) is 0 Å². The van der Waals surface area contributed by atoms with Gasteiger partial charge in [-0.05, 0) is 39.5 Å². The highest BCUT2D eigenvalue weighted by Crippen LogP contribution is 2.53. The van der Waals surface area contributed by atoms with Crippen molar-refractivity contribution in [1.82, 2.24) is 5.06 Å². The zero-order chi connectivity index (χ0) is 12.7. The van der Waals surface area contributed by atoms with Gasteiger partial charge in [-0.3, -0.25) is 0 Å². The second-order valence-corrected chi connectivity index (χ2v) is 10.0. The van der Waals surface area contributed by atoms with Crippen LogP contribution >= 0.6 is 7.14 Å². The third-order valence-corrected chi connectivity index (χ3v) is 4.41. The summed E-state index contributed by atoms with van der Waals surface area (Å²) in [4.78, 5) is 0. The third-order valence-electron chi connectivity index (χ3n) is 2.25. The lowest BCUT2D eigenvalue weighted by Gasteiger charge is -2.43. The van der Waals surface area contributed by atoms with Crippen LogP contribution in [-0.2, 0) is 9.77 Å². The number of rotatable bonds is 2. The van der Waals surface area contributed by atoms with E-state index in [9.17, 15) is 9.77 Å². The molecule has 15 heavy (non-hydrogen) atoms. The van der Waals surface area contributed by atoms with E-state index in [1.165, 1.54) is 0 Å². The lowest BCUT2D eigenvalue weighted by atomic mass is 9.94.